The Balaban J connectivity index is 1.77. The van der Waals surface area contributed by atoms with Crippen LogP contribution in [0.3, 0.4) is 0 Å². The number of fused-ring (bicyclic) bond motifs is 1. The first-order chi connectivity index (χ1) is 11.0. The van der Waals surface area contributed by atoms with Gasteiger partial charge in [-0.1, -0.05) is 20.8 Å². The van der Waals surface area contributed by atoms with Gasteiger partial charge in [-0.15, -0.1) is 0 Å². The Hall–Kier alpha value is -0.363. The molecule has 0 aliphatic carbocycles. The van der Waals surface area contributed by atoms with Crippen molar-refractivity contribution in [3.8, 4) is 0 Å². The van der Waals surface area contributed by atoms with E-state index in [9.17, 15) is 0 Å². The van der Waals surface area contributed by atoms with Crippen LogP contribution in [0.25, 0.3) is 0 Å². The topological polar surface area (TPSA) is 36.9 Å². The van der Waals surface area contributed by atoms with Crippen LogP contribution in [0, 0.1) is 0 Å². The maximum atomic E-state index is 6.26. The summed E-state index contributed by atoms with van der Waals surface area (Å²) in [6, 6.07) is 0. The molecule has 0 amide bonds. The molecule has 0 saturated carbocycles. The summed E-state index contributed by atoms with van der Waals surface area (Å²) in [6.45, 7) is 16.8. The minimum atomic E-state index is -1.65. The highest BCUT2D eigenvalue weighted by Crippen LogP contribution is 2.37. The predicted molar refractivity (Wildman–Crippen MR) is 99.5 cm³/mol. The van der Waals surface area contributed by atoms with Gasteiger partial charge in [0.05, 0.1) is 12.4 Å². The van der Waals surface area contributed by atoms with Gasteiger partial charge in [0.15, 0.2) is 14.1 Å². The molecule has 0 aromatic carbocycles. The first-order valence-corrected chi connectivity index (χ1v) is 12.2. The van der Waals surface area contributed by atoms with E-state index >= 15 is 0 Å². The smallest absolute Gasteiger partial charge is 0.191 e. The van der Waals surface area contributed by atoms with Gasteiger partial charge in [-0.25, -0.2) is 0 Å². The van der Waals surface area contributed by atoms with E-state index in [1.807, 2.05) is 13.8 Å². The molecule has 140 valence electrons. The van der Waals surface area contributed by atoms with Crippen molar-refractivity contribution in [2.24, 2.45) is 0 Å². The largest absolute Gasteiger partial charge is 0.490 e. The molecule has 2 aliphatic rings. The molecule has 0 N–H and O–H groups in total. The fourth-order valence-electron chi connectivity index (χ4n) is 2.82. The maximum Gasteiger partial charge on any atom is 0.191 e. The van der Waals surface area contributed by atoms with Crippen molar-refractivity contribution in [3.05, 3.63) is 11.8 Å². The van der Waals surface area contributed by atoms with Gasteiger partial charge in [-0.05, 0) is 57.3 Å². The predicted octanol–water partition coefficient (Wildman–Crippen LogP) is 5.00. The molecule has 0 aromatic heterocycles. The van der Waals surface area contributed by atoms with E-state index in [0.717, 1.165) is 38.0 Å². The molecule has 24 heavy (non-hydrogen) atoms. The SMILES string of the molecule is CC1(C)OC[C@H]2OC(CCCO[Si](C)(C)C(C)(C)C)=CCC[C@@H]2O1. The van der Waals surface area contributed by atoms with E-state index in [0.29, 0.717) is 6.61 Å². The Kier molecular flexibility index (Phi) is 6.22. The highest BCUT2D eigenvalue weighted by molar-refractivity contribution is 6.74. The third kappa shape index (κ3) is 5.32. The average Bonchev–Trinajstić information content (AvgIpc) is 2.63. The molecule has 1 saturated heterocycles. The lowest BCUT2D eigenvalue weighted by atomic mass is 10.1. The molecule has 2 atom stereocenters. The van der Waals surface area contributed by atoms with E-state index in [1.165, 1.54) is 0 Å². The second-order valence-corrected chi connectivity index (χ2v) is 13.8. The molecule has 0 radical (unpaired) electrons. The zero-order chi connectivity index (χ0) is 18.0. The fraction of sp³-hybridized carbons (Fsp3) is 0.895. The quantitative estimate of drug-likeness (QED) is 0.513. The molecule has 0 aromatic rings. The summed E-state index contributed by atoms with van der Waals surface area (Å²) in [7, 11) is -1.65. The Labute approximate surface area is 149 Å². The molecule has 5 heteroatoms. The standard InChI is InChI=1S/C19H36O4Si/c1-18(2,3)24(6,7)21-13-9-11-15-10-8-12-16-17(22-15)14-20-19(4,5)23-16/h10,16-17H,8-9,11-14H2,1-7H3/t16-,17+/m0/s1. The van der Waals surface area contributed by atoms with E-state index in [4.69, 9.17) is 18.6 Å². The Bertz CT molecular complexity index is 451. The molecule has 1 fully saturated rings. The first kappa shape index (κ1) is 20.0. The second kappa shape index (κ2) is 7.48. The van der Waals surface area contributed by atoms with Crippen LogP contribution in [-0.2, 0) is 18.6 Å². The number of allylic oxidation sites excluding steroid dienone is 2. The number of ether oxygens (including phenoxy) is 3. The zero-order valence-corrected chi connectivity index (χ0v) is 17.6. The molecule has 0 bridgehead atoms. The number of hydrogen-bond donors (Lipinski definition) is 0. The van der Waals surface area contributed by atoms with Crippen LogP contribution in [0.4, 0.5) is 0 Å². The third-order valence-corrected chi connectivity index (χ3v) is 9.95. The monoisotopic (exact) mass is 356 g/mol. The summed E-state index contributed by atoms with van der Waals surface area (Å²) in [5, 5.41) is 0.266. The summed E-state index contributed by atoms with van der Waals surface area (Å²) in [5.74, 6) is 0.583. The van der Waals surface area contributed by atoms with Crippen molar-refractivity contribution in [2.45, 2.75) is 96.4 Å². The van der Waals surface area contributed by atoms with Gasteiger partial charge in [-0.3, -0.25) is 0 Å². The van der Waals surface area contributed by atoms with Gasteiger partial charge in [-0.2, -0.15) is 0 Å². The molecule has 0 spiro atoms. The van der Waals surface area contributed by atoms with E-state index in [1.54, 1.807) is 0 Å². The maximum absolute atomic E-state index is 6.26. The van der Waals surface area contributed by atoms with Crippen molar-refractivity contribution in [1.82, 2.24) is 0 Å². The molecule has 4 nitrogen and oxygen atoms in total. The van der Waals surface area contributed by atoms with E-state index in [2.05, 4.69) is 39.9 Å². The molecule has 2 rings (SSSR count). The van der Waals surface area contributed by atoms with Gasteiger partial charge >= 0.3 is 0 Å². The molecule has 0 unspecified atom stereocenters. The fourth-order valence-corrected chi connectivity index (χ4v) is 3.91. The first-order valence-electron chi connectivity index (χ1n) is 9.32. The van der Waals surface area contributed by atoms with Crippen molar-refractivity contribution in [3.63, 3.8) is 0 Å². The van der Waals surface area contributed by atoms with Crippen molar-refractivity contribution >= 4 is 8.32 Å². The van der Waals surface area contributed by atoms with Gasteiger partial charge in [0.25, 0.3) is 0 Å². The molecule has 2 heterocycles. The van der Waals surface area contributed by atoms with Crippen LogP contribution < -0.4 is 0 Å². The Morgan fingerprint density at radius 1 is 1.25 bits per heavy atom. The van der Waals surface area contributed by atoms with Crippen LogP contribution in [0.1, 0.15) is 60.3 Å². The van der Waals surface area contributed by atoms with E-state index < -0.39 is 14.1 Å². The van der Waals surface area contributed by atoms with Crippen LogP contribution in [0.15, 0.2) is 11.8 Å². The molecular formula is C19H36O4Si. The summed E-state index contributed by atoms with van der Waals surface area (Å²) in [6.07, 6.45) is 6.32. The minimum absolute atomic E-state index is 0.0214. The van der Waals surface area contributed by atoms with E-state index in [-0.39, 0.29) is 17.2 Å². The minimum Gasteiger partial charge on any atom is -0.490 e. The van der Waals surface area contributed by atoms with Crippen molar-refractivity contribution in [1.29, 1.82) is 0 Å². The molecular weight excluding hydrogens is 320 g/mol. The van der Waals surface area contributed by atoms with Crippen molar-refractivity contribution in [2.75, 3.05) is 13.2 Å². The summed E-state index contributed by atoms with van der Waals surface area (Å²) >= 11 is 0. The Morgan fingerprint density at radius 2 is 1.96 bits per heavy atom. The lowest BCUT2D eigenvalue weighted by Gasteiger charge is -2.40. The van der Waals surface area contributed by atoms with Gasteiger partial charge < -0.3 is 18.6 Å². The van der Waals surface area contributed by atoms with Crippen molar-refractivity contribution < 1.29 is 18.6 Å². The lowest BCUT2D eigenvalue weighted by molar-refractivity contribution is -0.305. The summed E-state index contributed by atoms with van der Waals surface area (Å²) in [4.78, 5) is 0. The summed E-state index contributed by atoms with van der Waals surface area (Å²) in [5.41, 5.74) is 0. The normalized spacial score (nSPS) is 27.7. The molecule has 2 aliphatic heterocycles. The zero-order valence-electron chi connectivity index (χ0n) is 16.6. The average molecular weight is 357 g/mol. The van der Waals surface area contributed by atoms with Crippen LogP contribution in [0.2, 0.25) is 18.1 Å². The van der Waals surface area contributed by atoms with Gasteiger partial charge in [0, 0.05) is 13.0 Å². The third-order valence-electron chi connectivity index (χ3n) is 5.41. The number of hydrogen-bond acceptors (Lipinski definition) is 4. The highest BCUT2D eigenvalue weighted by atomic mass is 28.4. The Morgan fingerprint density at radius 3 is 2.62 bits per heavy atom. The van der Waals surface area contributed by atoms with Crippen LogP contribution >= 0.6 is 0 Å². The second-order valence-electron chi connectivity index (χ2n) is 8.98. The van der Waals surface area contributed by atoms with Crippen LogP contribution in [-0.4, -0.2) is 39.5 Å². The highest BCUT2D eigenvalue weighted by Gasteiger charge is 2.39. The van der Waals surface area contributed by atoms with Crippen LogP contribution in [0.5, 0.6) is 0 Å². The summed E-state index contributed by atoms with van der Waals surface area (Å²) < 4.78 is 24.2. The van der Waals surface area contributed by atoms with Gasteiger partial charge in [0.1, 0.15) is 12.2 Å². The van der Waals surface area contributed by atoms with Gasteiger partial charge in [0.2, 0.25) is 0 Å². The number of rotatable bonds is 5. The lowest BCUT2D eigenvalue weighted by Crippen LogP contribution is -2.49.